The van der Waals surface area contributed by atoms with Crippen LogP contribution >= 0.6 is 0 Å². The van der Waals surface area contributed by atoms with E-state index in [0.717, 1.165) is 6.08 Å². The molecule has 144 valence electrons. The molecular formula is C10H8F12O2. The first-order chi connectivity index (χ1) is 10.3. The van der Waals surface area contributed by atoms with Gasteiger partial charge in [0.25, 0.3) is 0 Å². The average Bonchev–Trinajstić information content (AvgIpc) is 2.36. The van der Waals surface area contributed by atoms with Gasteiger partial charge in [-0.05, 0) is 6.92 Å². The number of carbonyl (C=O) groups is 1. The van der Waals surface area contributed by atoms with Crippen molar-refractivity contribution in [3.8, 4) is 0 Å². The van der Waals surface area contributed by atoms with Crippen LogP contribution in [-0.4, -0.2) is 42.7 Å². The number of alkyl halides is 12. The molecule has 0 atom stereocenters. The normalized spacial score (nSPS) is 13.7. The first-order valence-electron chi connectivity index (χ1n) is 5.37. The molecule has 0 saturated carbocycles. The fourth-order valence-corrected chi connectivity index (χ4v) is 0.754. The van der Waals surface area contributed by atoms with Gasteiger partial charge in [0.15, 0.2) is 0 Å². The third-order valence-corrected chi connectivity index (χ3v) is 1.95. The van der Waals surface area contributed by atoms with Crippen molar-refractivity contribution in [1.82, 2.24) is 0 Å². The Kier molecular flexibility index (Phi) is 7.70. The van der Waals surface area contributed by atoms with Crippen LogP contribution in [0.1, 0.15) is 6.92 Å². The lowest BCUT2D eigenvalue weighted by Gasteiger charge is -2.34. The van der Waals surface area contributed by atoms with E-state index >= 15 is 0 Å². The fraction of sp³-hybridized carbons (Fsp3) is 0.700. The van der Waals surface area contributed by atoms with Gasteiger partial charge < -0.3 is 4.74 Å². The van der Waals surface area contributed by atoms with E-state index in [9.17, 15) is 57.5 Å². The number of halogens is 12. The van der Waals surface area contributed by atoms with Gasteiger partial charge in [0.2, 0.25) is 0 Å². The maximum atomic E-state index is 12.0. The van der Waals surface area contributed by atoms with Gasteiger partial charge in [-0.25, -0.2) is 4.79 Å². The highest BCUT2D eigenvalue weighted by Crippen LogP contribution is 2.57. The van der Waals surface area contributed by atoms with E-state index in [0.29, 0.717) is 6.61 Å². The van der Waals surface area contributed by atoms with Crippen molar-refractivity contribution in [2.75, 3.05) is 6.61 Å². The summed E-state index contributed by atoms with van der Waals surface area (Å²) in [6.45, 7) is 5.38. The monoisotopic (exact) mass is 388 g/mol. The maximum absolute atomic E-state index is 12.0. The zero-order valence-electron chi connectivity index (χ0n) is 11.3. The maximum Gasteiger partial charge on any atom is 0.460 e. The Morgan fingerprint density at radius 2 is 1.08 bits per heavy atom. The predicted molar refractivity (Wildman–Crippen MR) is 53.8 cm³/mol. The van der Waals surface area contributed by atoms with Crippen LogP contribution < -0.4 is 0 Å². The first-order valence-corrected chi connectivity index (χ1v) is 5.37. The van der Waals surface area contributed by atoms with E-state index in [1.54, 1.807) is 6.92 Å². The number of hydrogen-bond acceptors (Lipinski definition) is 2. The highest BCUT2D eigenvalue weighted by molar-refractivity contribution is 5.81. The Morgan fingerprint density at radius 3 is 1.21 bits per heavy atom. The van der Waals surface area contributed by atoms with Crippen LogP contribution in [0.2, 0.25) is 0 Å². The summed E-state index contributed by atoms with van der Waals surface area (Å²) in [7, 11) is 0. The van der Waals surface area contributed by atoms with Gasteiger partial charge in [-0.1, -0.05) is 6.58 Å². The summed E-state index contributed by atoms with van der Waals surface area (Å²) in [5.74, 6) is -23.1. The molecule has 0 fully saturated rings. The molecule has 0 spiro atoms. The summed E-state index contributed by atoms with van der Waals surface area (Å²) in [5.41, 5.74) is 0. The predicted octanol–water partition coefficient (Wildman–Crippen LogP) is 4.75. The molecule has 0 N–H and O–H groups in total. The molecule has 0 aliphatic carbocycles. The molecular weight excluding hydrogens is 380 g/mol. The smallest absolute Gasteiger partial charge is 0.460 e. The lowest BCUT2D eigenvalue weighted by atomic mass is 10.0. The van der Waals surface area contributed by atoms with Gasteiger partial charge in [0.1, 0.15) is 0 Å². The topological polar surface area (TPSA) is 26.3 Å². The Balaban J connectivity index is 0. The molecule has 0 heterocycles. The van der Waals surface area contributed by atoms with E-state index in [1.165, 1.54) is 0 Å². The van der Waals surface area contributed by atoms with Crippen LogP contribution in [-0.2, 0) is 9.53 Å². The average molecular weight is 388 g/mol. The molecule has 0 aromatic rings. The van der Waals surface area contributed by atoms with Crippen LogP contribution in [0.3, 0.4) is 0 Å². The Morgan fingerprint density at radius 1 is 0.792 bits per heavy atom. The van der Waals surface area contributed by atoms with Crippen LogP contribution in [0.4, 0.5) is 52.7 Å². The van der Waals surface area contributed by atoms with E-state index in [4.69, 9.17) is 0 Å². The van der Waals surface area contributed by atoms with Gasteiger partial charge in [0, 0.05) is 6.08 Å². The van der Waals surface area contributed by atoms with Gasteiger partial charge >= 0.3 is 36.1 Å². The number of esters is 1. The standard InChI is InChI=1S/C5F12.C5H8O2/c6-1(7,2(8,9)4(12,13)14)3(10,11)5(15,16)17;1-3-5(6)7-4-2/h;3H,1,4H2,2H3. The quantitative estimate of drug-likeness (QED) is 0.395. The molecule has 0 unspecified atom stereocenters. The van der Waals surface area contributed by atoms with Gasteiger partial charge in [-0.15, -0.1) is 0 Å². The molecule has 0 saturated heterocycles. The van der Waals surface area contributed by atoms with Gasteiger partial charge in [-0.2, -0.15) is 52.7 Å². The van der Waals surface area contributed by atoms with Crippen molar-refractivity contribution in [2.45, 2.75) is 37.0 Å². The molecule has 0 amide bonds. The molecule has 0 aliphatic rings. The van der Waals surface area contributed by atoms with Crippen molar-refractivity contribution in [1.29, 1.82) is 0 Å². The molecule has 2 nitrogen and oxygen atoms in total. The summed E-state index contributed by atoms with van der Waals surface area (Å²) in [6.07, 6.45) is -13.4. The lowest BCUT2D eigenvalue weighted by Crippen LogP contribution is -2.65. The molecule has 0 aliphatic heterocycles. The molecule has 14 heteroatoms. The minimum Gasteiger partial charge on any atom is -0.463 e. The van der Waals surface area contributed by atoms with Crippen LogP contribution in [0.5, 0.6) is 0 Å². The van der Waals surface area contributed by atoms with Crippen molar-refractivity contribution >= 4 is 5.97 Å². The van der Waals surface area contributed by atoms with Crippen molar-refractivity contribution < 1.29 is 62.2 Å². The van der Waals surface area contributed by atoms with Gasteiger partial charge in [-0.3, -0.25) is 0 Å². The van der Waals surface area contributed by atoms with E-state index < -0.39 is 30.1 Å². The second-order valence-corrected chi connectivity index (χ2v) is 3.67. The summed E-state index contributed by atoms with van der Waals surface area (Å²) < 4.78 is 144. The fourth-order valence-electron chi connectivity index (χ4n) is 0.754. The Labute approximate surface area is 126 Å². The Bertz CT molecular complexity index is 406. The van der Waals surface area contributed by atoms with Gasteiger partial charge in [0.05, 0.1) is 6.61 Å². The van der Waals surface area contributed by atoms with E-state index in [-0.39, 0.29) is 5.97 Å². The number of carbonyl (C=O) groups excluding carboxylic acids is 1. The van der Waals surface area contributed by atoms with Crippen molar-refractivity contribution in [3.63, 3.8) is 0 Å². The van der Waals surface area contributed by atoms with Crippen LogP contribution in [0, 0.1) is 0 Å². The molecule has 0 aromatic heterocycles. The molecule has 0 rings (SSSR count). The molecule has 24 heavy (non-hydrogen) atoms. The summed E-state index contributed by atoms with van der Waals surface area (Å²) in [4.78, 5) is 10.1. The zero-order valence-corrected chi connectivity index (χ0v) is 11.3. The SMILES string of the molecule is C=CC(=O)OCC.FC(F)(F)C(F)(F)C(F)(F)C(F)(F)C(F)(F)F. The molecule has 0 bridgehead atoms. The Hall–Kier alpha value is -1.63. The molecule has 0 radical (unpaired) electrons. The first kappa shape index (κ1) is 24.6. The van der Waals surface area contributed by atoms with Crippen molar-refractivity contribution in [3.05, 3.63) is 12.7 Å². The number of ether oxygens (including phenoxy) is 1. The van der Waals surface area contributed by atoms with E-state index in [1.807, 2.05) is 0 Å². The number of hydrogen-bond donors (Lipinski definition) is 0. The minimum atomic E-state index is -7.66. The van der Waals surface area contributed by atoms with E-state index in [2.05, 4.69) is 11.3 Å². The van der Waals surface area contributed by atoms with Crippen LogP contribution in [0.15, 0.2) is 12.7 Å². The largest absolute Gasteiger partial charge is 0.463 e. The van der Waals surface area contributed by atoms with Crippen LogP contribution in [0.25, 0.3) is 0 Å². The second-order valence-electron chi connectivity index (χ2n) is 3.67. The third kappa shape index (κ3) is 4.93. The summed E-state index contributed by atoms with van der Waals surface area (Å²) in [6, 6.07) is 0. The second kappa shape index (κ2) is 7.51. The third-order valence-electron chi connectivity index (χ3n) is 1.95. The highest BCUT2D eigenvalue weighted by atomic mass is 19.4. The molecule has 0 aromatic carbocycles. The highest BCUT2D eigenvalue weighted by Gasteiger charge is 2.88. The summed E-state index contributed by atoms with van der Waals surface area (Å²) in [5, 5.41) is 0. The number of rotatable bonds is 4. The minimum absolute atomic E-state index is 0.359. The lowest BCUT2D eigenvalue weighted by molar-refractivity contribution is -0.438. The van der Waals surface area contributed by atoms with Crippen molar-refractivity contribution in [2.24, 2.45) is 0 Å². The summed E-state index contributed by atoms with van der Waals surface area (Å²) >= 11 is 0. The zero-order chi connectivity index (χ0) is 20.2.